The molecule has 0 heterocycles. The second-order valence-corrected chi connectivity index (χ2v) is 10.8. The highest BCUT2D eigenvalue weighted by molar-refractivity contribution is 7.92. The average Bonchev–Trinajstić information content (AvgIpc) is 3.29. The number of rotatable bonds is 9. The fourth-order valence-electron chi connectivity index (χ4n) is 4.09. The molecular formula is C25H32FN3O4S. The highest BCUT2D eigenvalue weighted by Gasteiger charge is 2.31. The highest BCUT2D eigenvalue weighted by Crippen LogP contribution is 2.21. The van der Waals surface area contributed by atoms with E-state index in [4.69, 9.17) is 0 Å². The monoisotopic (exact) mass is 489 g/mol. The molecule has 3 rings (SSSR count). The van der Waals surface area contributed by atoms with Gasteiger partial charge in [-0.3, -0.25) is 13.9 Å². The third-order valence-electron chi connectivity index (χ3n) is 6.14. The minimum Gasteiger partial charge on any atom is -0.352 e. The number of hydrogen-bond acceptors (Lipinski definition) is 4. The van der Waals surface area contributed by atoms with Gasteiger partial charge >= 0.3 is 0 Å². The first-order valence-electron chi connectivity index (χ1n) is 11.4. The van der Waals surface area contributed by atoms with E-state index in [1.807, 2.05) is 31.2 Å². The normalized spacial score (nSPS) is 15.1. The second kappa shape index (κ2) is 11.0. The van der Waals surface area contributed by atoms with Gasteiger partial charge in [0.2, 0.25) is 21.8 Å². The van der Waals surface area contributed by atoms with E-state index >= 15 is 0 Å². The lowest BCUT2D eigenvalue weighted by atomic mass is 10.1. The van der Waals surface area contributed by atoms with Crippen molar-refractivity contribution in [2.45, 2.75) is 58.2 Å². The van der Waals surface area contributed by atoms with Crippen LogP contribution >= 0.6 is 0 Å². The third-order valence-corrected chi connectivity index (χ3v) is 7.28. The van der Waals surface area contributed by atoms with Crippen molar-refractivity contribution in [3.8, 4) is 0 Å². The standard InChI is InChI=1S/C25H32FN3O4S/c1-18-8-10-20(11-9-18)16-28(19(2)25(31)27-22-6-4-5-7-22)24(30)17-29(34(3,32)33)23-14-12-21(26)13-15-23/h8-15,19,22H,4-7,16-17H2,1-3H3,(H,27,31). The molecule has 34 heavy (non-hydrogen) atoms. The van der Waals surface area contributed by atoms with E-state index in [1.165, 1.54) is 17.0 Å². The largest absolute Gasteiger partial charge is 0.352 e. The molecule has 9 heteroatoms. The van der Waals surface area contributed by atoms with E-state index in [1.54, 1.807) is 6.92 Å². The number of halogens is 1. The first-order chi connectivity index (χ1) is 16.0. The van der Waals surface area contributed by atoms with Crippen molar-refractivity contribution in [3.63, 3.8) is 0 Å². The van der Waals surface area contributed by atoms with Crippen LogP contribution in [-0.2, 0) is 26.2 Å². The molecule has 0 bridgehead atoms. The lowest BCUT2D eigenvalue weighted by molar-refractivity contribution is -0.139. The molecule has 1 aliphatic rings. The maximum absolute atomic E-state index is 13.5. The van der Waals surface area contributed by atoms with Crippen molar-refractivity contribution < 1.29 is 22.4 Å². The number of aryl methyl sites for hydroxylation is 1. The van der Waals surface area contributed by atoms with Gasteiger partial charge < -0.3 is 10.2 Å². The smallest absolute Gasteiger partial charge is 0.244 e. The van der Waals surface area contributed by atoms with Gasteiger partial charge in [0.05, 0.1) is 11.9 Å². The zero-order chi connectivity index (χ0) is 24.9. The van der Waals surface area contributed by atoms with E-state index in [0.717, 1.165) is 59.5 Å². The topological polar surface area (TPSA) is 86.8 Å². The number of nitrogens with one attached hydrogen (secondary N) is 1. The van der Waals surface area contributed by atoms with Gasteiger partial charge in [0, 0.05) is 12.6 Å². The quantitative estimate of drug-likeness (QED) is 0.585. The minimum atomic E-state index is -3.84. The van der Waals surface area contributed by atoms with Crippen LogP contribution in [0.5, 0.6) is 0 Å². The van der Waals surface area contributed by atoms with E-state index in [9.17, 15) is 22.4 Å². The molecule has 2 amide bonds. The number of nitrogens with zero attached hydrogens (tertiary/aromatic N) is 2. The second-order valence-electron chi connectivity index (χ2n) is 8.92. The number of benzene rings is 2. The lowest BCUT2D eigenvalue weighted by Crippen LogP contribution is -2.52. The summed E-state index contributed by atoms with van der Waals surface area (Å²) < 4.78 is 39.3. The summed E-state index contributed by atoms with van der Waals surface area (Å²) in [5.41, 5.74) is 2.07. The van der Waals surface area contributed by atoms with Crippen molar-refractivity contribution in [2.24, 2.45) is 0 Å². The predicted molar refractivity (Wildman–Crippen MR) is 130 cm³/mol. The Labute approximate surface area is 201 Å². The number of carbonyl (C=O) groups excluding carboxylic acids is 2. The number of amides is 2. The number of anilines is 1. The Morgan fingerprint density at radius 3 is 2.21 bits per heavy atom. The molecule has 0 saturated heterocycles. The summed E-state index contributed by atoms with van der Waals surface area (Å²) in [6.07, 6.45) is 4.94. The number of carbonyl (C=O) groups is 2. The molecular weight excluding hydrogens is 457 g/mol. The molecule has 2 aromatic carbocycles. The van der Waals surface area contributed by atoms with Gasteiger partial charge in [0.1, 0.15) is 18.4 Å². The van der Waals surface area contributed by atoms with Crippen LogP contribution in [0.15, 0.2) is 48.5 Å². The predicted octanol–water partition coefficient (Wildman–Crippen LogP) is 3.38. The minimum absolute atomic E-state index is 0.0954. The van der Waals surface area contributed by atoms with Crippen LogP contribution in [0.3, 0.4) is 0 Å². The van der Waals surface area contributed by atoms with Crippen LogP contribution in [0.25, 0.3) is 0 Å². The molecule has 1 saturated carbocycles. The van der Waals surface area contributed by atoms with Crippen LogP contribution in [0.2, 0.25) is 0 Å². The van der Waals surface area contributed by atoms with Gasteiger partial charge in [-0.2, -0.15) is 0 Å². The molecule has 7 nitrogen and oxygen atoms in total. The molecule has 1 unspecified atom stereocenters. The Hall–Kier alpha value is -2.94. The van der Waals surface area contributed by atoms with Gasteiger partial charge in [-0.05, 0) is 56.5 Å². The summed E-state index contributed by atoms with van der Waals surface area (Å²) in [7, 11) is -3.84. The van der Waals surface area contributed by atoms with Crippen molar-refractivity contribution >= 4 is 27.5 Å². The molecule has 1 fully saturated rings. The average molecular weight is 490 g/mol. The molecule has 1 atom stereocenters. The Kier molecular flexibility index (Phi) is 8.30. The van der Waals surface area contributed by atoms with Crippen LogP contribution in [-0.4, -0.2) is 50.0 Å². The zero-order valence-corrected chi connectivity index (χ0v) is 20.6. The van der Waals surface area contributed by atoms with Crippen molar-refractivity contribution in [1.82, 2.24) is 10.2 Å². The Morgan fingerprint density at radius 1 is 1.06 bits per heavy atom. The van der Waals surface area contributed by atoms with Crippen LogP contribution in [0.4, 0.5) is 10.1 Å². The fourth-order valence-corrected chi connectivity index (χ4v) is 4.94. The van der Waals surface area contributed by atoms with Crippen molar-refractivity contribution in [1.29, 1.82) is 0 Å². The van der Waals surface area contributed by atoms with Gasteiger partial charge in [0.15, 0.2) is 0 Å². The van der Waals surface area contributed by atoms with E-state index in [0.29, 0.717) is 0 Å². The SMILES string of the molecule is Cc1ccc(CN(C(=O)CN(c2ccc(F)cc2)S(C)(=O)=O)C(C)C(=O)NC2CCCC2)cc1. The molecule has 0 spiro atoms. The molecule has 1 N–H and O–H groups in total. The summed E-state index contributed by atoms with van der Waals surface area (Å²) in [6, 6.07) is 11.8. The summed E-state index contributed by atoms with van der Waals surface area (Å²) >= 11 is 0. The molecule has 1 aliphatic carbocycles. The summed E-state index contributed by atoms with van der Waals surface area (Å²) in [4.78, 5) is 27.9. The molecule has 184 valence electrons. The third kappa shape index (κ3) is 6.79. The maximum Gasteiger partial charge on any atom is 0.244 e. The van der Waals surface area contributed by atoms with E-state index in [-0.39, 0.29) is 24.2 Å². The summed E-state index contributed by atoms with van der Waals surface area (Å²) in [5, 5.41) is 3.02. The van der Waals surface area contributed by atoms with E-state index in [2.05, 4.69) is 5.32 Å². The summed E-state index contributed by atoms with van der Waals surface area (Å²) in [6.45, 7) is 3.26. The van der Waals surface area contributed by atoms with Gasteiger partial charge in [-0.25, -0.2) is 12.8 Å². The molecule has 0 aliphatic heterocycles. The Balaban J connectivity index is 1.86. The highest BCUT2D eigenvalue weighted by atomic mass is 32.2. The number of sulfonamides is 1. The van der Waals surface area contributed by atoms with Crippen LogP contribution < -0.4 is 9.62 Å². The lowest BCUT2D eigenvalue weighted by Gasteiger charge is -2.32. The van der Waals surface area contributed by atoms with Gasteiger partial charge in [-0.1, -0.05) is 42.7 Å². The maximum atomic E-state index is 13.5. The Bertz CT molecular complexity index is 1100. The first-order valence-corrected chi connectivity index (χ1v) is 13.3. The van der Waals surface area contributed by atoms with Crippen LogP contribution in [0, 0.1) is 12.7 Å². The van der Waals surface area contributed by atoms with Gasteiger partial charge in [-0.15, -0.1) is 0 Å². The molecule has 0 radical (unpaired) electrons. The zero-order valence-electron chi connectivity index (χ0n) is 19.8. The fraction of sp³-hybridized carbons (Fsp3) is 0.440. The first kappa shape index (κ1) is 25.7. The van der Waals surface area contributed by atoms with Crippen LogP contribution in [0.1, 0.15) is 43.7 Å². The molecule has 2 aromatic rings. The van der Waals surface area contributed by atoms with Gasteiger partial charge in [0.25, 0.3) is 0 Å². The molecule has 0 aromatic heterocycles. The van der Waals surface area contributed by atoms with Crippen molar-refractivity contribution in [2.75, 3.05) is 17.1 Å². The Morgan fingerprint density at radius 2 is 1.65 bits per heavy atom. The van der Waals surface area contributed by atoms with Crippen molar-refractivity contribution in [3.05, 3.63) is 65.5 Å². The van der Waals surface area contributed by atoms with E-state index < -0.39 is 34.3 Å². The summed E-state index contributed by atoms with van der Waals surface area (Å²) in [5.74, 6) is -1.30. The number of hydrogen-bond donors (Lipinski definition) is 1.